The fourth-order valence-corrected chi connectivity index (χ4v) is 1.97. The van der Waals surface area contributed by atoms with Gasteiger partial charge in [-0.25, -0.2) is 4.79 Å². The van der Waals surface area contributed by atoms with Gasteiger partial charge in [-0.15, -0.1) is 0 Å². The number of halogens is 1. The average molecular weight is 321 g/mol. The predicted octanol–water partition coefficient (Wildman–Crippen LogP) is 2.84. The summed E-state index contributed by atoms with van der Waals surface area (Å²) in [5, 5.41) is 3.13. The van der Waals surface area contributed by atoms with Crippen molar-refractivity contribution in [2.24, 2.45) is 0 Å². The van der Waals surface area contributed by atoms with Crippen molar-refractivity contribution in [1.29, 1.82) is 0 Å². The van der Waals surface area contributed by atoms with Gasteiger partial charge >= 0.3 is 5.97 Å². The standard InChI is InChI=1S/C16H17ClN2O3/c1-10-3-5-12(6-4-10)8-19-15(20)11(2)22-16(21)14-7-13(17)9-18-14/h3-7,9,11,18H,8H2,1-2H3,(H,19,20). The van der Waals surface area contributed by atoms with E-state index in [0.29, 0.717) is 11.6 Å². The SMILES string of the molecule is Cc1ccc(CNC(=O)C(C)OC(=O)c2cc(Cl)c[nH]2)cc1. The Labute approximate surface area is 133 Å². The predicted molar refractivity (Wildman–Crippen MR) is 83.7 cm³/mol. The molecule has 0 saturated heterocycles. The summed E-state index contributed by atoms with van der Waals surface area (Å²) in [5.74, 6) is -0.975. The van der Waals surface area contributed by atoms with E-state index in [0.717, 1.165) is 11.1 Å². The maximum atomic E-state index is 11.9. The van der Waals surface area contributed by atoms with Crippen LogP contribution in [-0.4, -0.2) is 23.0 Å². The Morgan fingerprint density at radius 2 is 2.00 bits per heavy atom. The Balaban J connectivity index is 1.84. The highest BCUT2D eigenvalue weighted by atomic mass is 35.5. The first-order valence-corrected chi connectivity index (χ1v) is 7.21. The molecule has 1 unspecified atom stereocenters. The number of ether oxygens (including phenoxy) is 1. The van der Waals surface area contributed by atoms with Crippen LogP contribution in [0.2, 0.25) is 5.02 Å². The lowest BCUT2D eigenvalue weighted by atomic mass is 10.1. The molecule has 2 N–H and O–H groups in total. The van der Waals surface area contributed by atoms with Crippen molar-refractivity contribution in [1.82, 2.24) is 10.3 Å². The number of carbonyl (C=O) groups excluding carboxylic acids is 2. The third-order valence-electron chi connectivity index (χ3n) is 3.11. The van der Waals surface area contributed by atoms with Crippen LogP contribution < -0.4 is 5.32 Å². The maximum absolute atomic E-state index is 11.9. The van der Waals surface area contributed by atoms with Crippen molar-refractivity contribution >= 4 is 23.5 Å². The van der Waals surface area contributed by atoms with Crippen LogP contribution in [-0.2, 0) is 16.1 Å². The molecule has 0 fully saturated rings. The van der Waals surface area contributed by atoms with Crippen molar-refractivity contribution in [2.45, 2.75) is 26.5 Å². The van der Waals surface area contributed by atoms with Gasteiger partial charge in [0.15, 0.2) is 6.10 Å². The molecule has 116 valence electrons. The molecule has 1 aromatic carbocycles. The van der Waals surface area contributed by atoms with Crippen molar-refractivity contribution in [3.05, 3.63) is 58.4 Å². The minimum atomic E-state index is -0.889. The lowest BCUT2D eigenvalue weighted by Gasteiger charge is -2.13. The number of aromatic amines is 1. The number of carbonyl (C=O) groups is 2. The van der Waals surface area contributed by atoms with Crippen molar-refractivity contribution < 1.29 is 14.3 Å². The van der Waals surface area contributed by atoms with E-state index in [1.807, 2.05) is 31.2 Å². The summed E-state index contributed by atoms with van der Waals surface area (Å²) in [5.41, 5.74) is 2.35. The summed E-state index contributed by atoms with van der Waals surface area (Å²) >= 11 is 5.71. The molecular formula is C16H17ClN2O3. The van der Waals surface area contributed by atoms with E-state index in [1.165, 1.54) is 19.2 Å². The van der Waals surface area contributed by atoms with E-state index in [4.69, 9.17) is 16.3 Å². The molecule has 1 atom stereocenters. The molecule has 5 nitrogen and oxygen atoms in total. The summed E-state index contributed by atoms with van der Waals surface area (Å²) in [6, 6.07) is 9.26. The lowest BCUT2D eigenvalue weighted by molar-refractivity contribution is -0.129. The van der Waals surface area contributed by atoms with Crippen LogP contribution in [0.15, 0.2) is 36.5 Å². The molecule has 0 radical (unpaired) electrons. The Bertz CT molecular complexity index is 664. The third kappa shape index (κ3) is 4.36. The van der Waals surface area contributed by atoms with Gasteiger partial charge in [-0.1, -0.05) is 41.4 Å². The van der Waals surface area contributed by atoms with E-state index in [-0.39, 0.29) is 11.6 Å². The Morgan fingerprint density at radius 1 is 1.32 bits per heavy atom. The van der Waals surface area contributed by atoms with Gasteiger partial charge in [0.2, 0.25) is 0 Å². The highest BCUT2D eigenvalue weighted by Crippen LogP contribution is 2.11. The number of benzene rings is 1. The number of aromatic nitrogens is 1. The number of hydrogen-bond donors (Lipinski definition) is 2. The molecule has 1 amide bonds. The van der Waals surface area contributed by atoms with Gasteiger partial charge in [0.25, 0.3) is 5.91 Å². The number of esters is 1. The first-order valence-electron chi connectivity index (χ1n) is 6.84. The fourth-order valence-electron chi connectivity index (χ4n) is 1.80. The number of H-pyrrole nitrogens is 1. The van der Waals surface area contributed by atoms with E-state index < -0.39 is 12.1 Å². The van der Waals surface area contributed by atoms with Gasteiger partial charge in [0, 0.05) is 12.7 Å². The fraction of sp³-hybridized carbons (Fsp3) is 0.250. The molecule has 6 heteroatoms. The van der Waals surface area contributed by atoms with E-state index in [9.17, 15) is 9.59 Å². The van der Waals surface area contributed by atoms with Crippen LogP contribution in [0.4, 0.5) is 0 Å². The quantitative estimate of drug-likeness (QED) is 0.832. The van der Waals surface area contributed by atoms with Gasteiger partial charge in [-0.2, -0.15) is 0 Å². The number of amides is 1. The topological polar surface area (TPSA) is 71.2 Å². The molecule has 0 spiro atoms. The molecule has 0 saturated carbocycles. The zero-order valence-electron chi connectivity index (χ0n) is 12.4. The van der Waals surface area contributed by atoms with Gasteiger partial charge < -0.3 is 15.0 Å². The van der Waals surface area contributed by atoms with Crippen LogP contribution >= 0.6 is 11.6 Å². The smallest absolute Gasteiger partial charge is 0.355 e. The van der Waals surface area contributed by atoms with Crippen LogP contribution in [0.5, 0.6) is 0 Å². The Morgan fingerprint density at radius 3 is 2.59 bits per heavy atom. The van der Waals surface area contributed by atoms with Gasteiger partial charge in [0.1, 0.15) is 5.69 Å². The zero-order valence-corrected chi connectivity index (χ0v) is 13.1. The van der Waals surface area contributed by atoms with E-state index >= 15 is 0 Å². The summed E-state index contributed by atoms with van der Waals surface area (Å²) in [6.07, 6.45) is 0.584. The summed E-state index contributed by atoms with van der Waals surface area (Å²) in [7, 11) is 0. The Hall–Kier alpha value is -2.27. The summed E-state index contributed by atoms with van der Waals surface area (Å²) in [6.45, 7) is 3.90. The highest BCUT2D eigenvalue weighted by molar-refractivity contribution is 6.30. The lowest BCUT2D eigenvalue weighted by Crippen LogP contribution is -2.35. The minimum absolute atomic E-state index is 0.211. The van der Waals surface area contributed by atoms with Crippen LogP contribution in [0, 0.1) is 6.92 Å². The normalized spacial score (nSPS) is 11.8. The Kier molecular flexibility index (Phi) is 5.22. The molecule has 2 aromatic rings. The second-order valence-electron chi connectivity index (χ2n) is 4.98. The van der Waals surface area contributed by atoms with Gasteiger partial charge in [-0.3, -0.25) is 4.79 Å². The molecule has 1 aromatic heterocycles. The first-order chi connectivity index (χ1) is 10.5. The molecule has 0 aliphatic heterocycles. The second-order valence-corrected chi connectivity index (χ2v) is 5.42. The molecular weight excluding hydrogens is 304 g/mol. The number of nitrogens with one attached hydrogen (secondary N) is 2. The molecule has 22 heavy (non-hydrogen) atoms. The maximum Gasteiger partial charge on any atom is 0.355 e. The van der Waals surface area contributed by atoms with Crippen molar-refractivity contribution in [2.75, 3.05) is 0 Å². The van der Waals surface area contributed by atoms with Crippen LogP contribution in [0.25, 0.3) is 0 Å². The zero-order chi connectivity index (χ0) is 16.1. The van der Waals surface area contributed by atoms with Crippen molar-refractivity contribution in [3.63, 3.8) is 0 Å². The van der Waals surface area contributed by atoms with E-state index in [1.54, 1.807) is 0 Å². The third-order valence-corrected chi connectivity index (χ3v) is 3.33. The van der Waals surface area contributed by atoms with Gasteiger partial charge in [-0.05, 0) is 25.5 Å². The summed E-state index contributed by atoms with van der Waals surface area (Å²) in [4.78, 5) is 26.4. The average Bonchev–Trinajstić information content (AvgIpc) is 2.93. The van der Waals surface area contributed by atoms with Crippen LogP contribution in [0.1, 0.15) is 28.5 Å². The number of rotatable bonds is 5. The first kappa shape index (κ1) is 16.1. The van der Waals surface area contributed by atoms with Crippen molar-refractivity contribution in [3.8, 4) is 0 Å². The molecule has 0 bridgehead atoms. The number of aryl methyl sites for hydroxylation is 1. The second kappa shape index (κ2) is 7.13. The number of hydrogen-bond acceptors (Lipinski definition) is 3. The van der Waals surface area contributed by atoms with E-state index in [2.05, 4.69) is 10.3 Å². The molecule has 2 rings (SSSR count). The van der Waals surface area contributed by atoms with Crippen LogP contribution in [0.3, 0.4) is 0 Å². The monoisotopic (exact) mass is 320 g/mol. The van der Waals surface area contributed by atoms with Gasteiger partial charge in [0.05, 0.1) is 5.02 Å². The molecule has 0 aliphatic rings. The highest BCUT2D eigenvalue weighted by Gasteiger charge is 2.19. The molecule has 0 aliphatic carbocycles. The summed E-state index contributed by atoms with van der Waals surface area (Å²) < 4.78 is 5.08. The molecule has 1 heterocycles. The minimum Gasteiger partial charge on any atom is -0.448 e. The largest absolute Gasteiger partial charge is 0.448 e.